The van der Waals surface area contributed by atoms with Crippen LogP contribution >= 0.6 is 11.8 Å². The highest BCUT2D eigenvalue weighted by Gasteiger charge is 2.26. The van der Waals surface area contributed by atoms with Crippen LogP contribution in [0.1, 0.15) is 25.7 Å². The lowest BCUT2D eigenvalue weighted by molar-refractivity contribution is -0.129. The van der Waals surface area contributed by atoms with Crippen LogP contribution in [0.3, 0.4) is 0 Å². The zero-order chi connectivity index (χ0) is 10.4. The molecule has 0 spiro atoms. The van der Waals surface area contributed by atoms with Crippen LogP contribution in [0.4, 0.5) is 13.2 Å². The Hall–Kier alpha value is 0.1000. The quantitative estimate of drug-likeness (QED) is 0.683. The summed E-state index contributed by atoms with van der Waals surface area (Å²) in [7, 11) is 0. The lowest BCUT2D eigenvalue weighted by Crippen LogP contribution is -2.21. The first-order valence-corrected chi connectivity index (χ1v) is 5.99. The predicted molar refractivity (Wildman–Crippen MR) is 51.6 cm³/mol. The summed E-state index contributed by atoms with van der Waals surface area (Å²) in [4.78, 5) is 0. The van der Waals surface area contributed by atoms with Crippen molar-refractivity contribution in [2.45, 2.75) is 38.0 Å². The van der Waals surface area contributed by atoms with Gasteiger partial charge >= 0.3 is 6.18 Å². The van der Waals surface area contributed by atoms with Gasteiger partial charge in [0.05, 0.1) is 12.5 Å². The summed E-state index contributed by atoms with van der Waals surface area (Å²) >= 11 is 1.34. The van der Waals surface area contributed by atoms with E-state index in [4.69, 9.17) is 4.74 Å². The summed E-state index contributed by atoms with van der Waals surface area (Å²) in [6.07, 6.45) is -1.29. The lowest BCUT2D eigenvalue weighted by Gasteiger charge is -2.22. The molecule has 14 heavy (non-hydrogen) atoms. The van der Waals surface area contributed by atoms with Gasteiger partial charge < -0.3 is 4.74 Å². The smallest absolute Gasteiger partial charge is 0.377 e. The van der Waals surface area contributed by atoms with E-state index < -0.39 is 12.6 Å². The average molecular weight is 228 g/mol. The first-order valence-electron chi connectivity index (χ1n) is 4.84. The highest BCUT2D eigenvalue weighted by molar-refractivity contribution is 7.99. The molecule has 0 aliphatic carbocycles. The van der Waals surface area contributed by atoms with Gasteiger partial charge in [0.15, 0.2) is 0 Å². The minimum absolute atomic E-state index is 0.156. The van der Waals surface area contributed by atoms with Crippen LogP contribution in [-0.2, 0) is 4.74 Å². The normalized spacial score (nSPS) is 23.8. The molecule has 1 atom stereocenters. The van der Waals surface area contributed by atoms with Gasteiger partial charge in [-0.3, -0.25) is 0 Å². The number of halogens is 3. The van der Waals surface area contributed by atoms with Crippen molar-refractivity contribution in [2.24, 2.45) is 0 Å². The van der Waals surface area contributed by atoms with Crippen LogP contribution in [0.2, 0.25) is 0 Å². The number of hydrogen-bond donors (Lipinski definition) is 0. The fourth-order valence-electron chi connectivity index (χ4n) is 1.34. The Bertz CT molecular complexity index is 155. The van der Waals surface area contributed by atoms with Crippen LogP contribution in [0, 0.1) is 0 Å². The van der Waals surface area contributed by atoms with E-state index in [0.717, 1.165) is 25.9 Å². The lowest BCUT2D eigenvalue weighted by atomic mass is 10.1. The number of alkyl halides is 3. The number of rotatable bonds is 4. The van der Waals surface area contributed by atoms with Gasteiger partial charge in [-0.2, -0.15) is 24.9 Å². The maximum atomic E-state index is 11.8. The van der Waals surface area contributed by atoms with Gasteiger partial charge in [0, 0.05) is 18.1 Å². The molecule has 5 heteroatoms. The van der Waals surface area contributed by atoms with E-state index in [1.165, 1.54) is 11.8 Å². The summed E-state index contributed by atoms with van der Waals surface area (Å²) < 4.78 is 40.7. The van der Waals surface area contributed by atoms with Gasteiger partial charge in [-0.05, 0) is 19.3 Å². The second-order valence-electron chi connectivity index (χ2n) is 3.43. The van der Waals surface area contributed by atoms with E-state index in [2.05, 4.69) is 0 Å². The molecule has 1 heterocycles. The third-order valence-electron chi connectivity index (χ3n) is 2.11. The summed E-state index contributed by atoms with van der Waals surface area (Å²) in [6, 6.07) is 0. The van der Waals surface area contributed by atoms with Gasteiger partial charge in [-0.1, -0.05) is 0 Å². The minimum atomic E-state index is -4.01. The maximum Gasteiger partial charge on any atom is 0.389 e. The van der Waals surface area contributed by atoms with Crippen molar-refractivity contribution >= 4 is 11.8 Å². The van der Waals surface area contributed by atoms with Gasteiger partial charge in [0.1, 0.15) is 0 Å². The number of thioether (sulfide) groups is 1. The Balaban J connectivity index is 1.97. The Morgan fingerprint density at radius 2 is 2.07 bits per heavy atom. The predicted octanol–water partition coefficient (Wildman–Crippen LogP) is 3.24. The summed E-state index contributed by atoms with van der Waals surface area (Å²) in [5.41, 5.74) is 0. The average Bonchev–Trinajstić information content (AvgIpc) is 2.13. The molecule has 0 saturated carbocycles. The SMILES string of the molecule is FC(F)(F)CCSCC1CCCCO1. The van der Waals surface area contributed by atoms with Crippen LogP contribution in [0.25, 0.3) is 0 Å². The summed E-state index contributed by atoms with van der Waals surface area (Å²) in [5, 5.41) is 0. The van der Waals surface area contributed by atoms with Crippen molar-refractivity contribution in [1.82, 2.24) is 0 Å². The first kappa shape index (κ1) is 12.2. The summed E-state index contributed by atoms with van der Waals surface area (Å²) in [5.74, 6) is 0.861. The second-order valence-corrected chi connectivity index (χ2v) is 4.58. The van der Waals surface area contributed by atoms with E-state index in [1.54, 1.807) is 0 Å². The number of hydrogen-bond acceptors (Lipinski definition) is 2. The van der Waals surface area contributed by atoms with Gasteiger partial charge in [0.25, 0.3) is 0 Å². The Labute approximate surface area is 86.4 Å². The second kappa shape index (κ2) is 5.85. The van der Waals surface area contributed by atoms with Gasteiger partial charge in [-0.25, -0.2) is 0 Å². The van der Waals surface area contributed by atoms with Crippen molar-refractivity contribution in [2.75, 3.05) is 18.1 Å². The maximum absolute atomic E-state index is 11.8. The van der Waals surface area contributed by atoms with Gasteiger partial charge in [-0.15, -0.1) is 0 Å². The fourth-order valence-corrected chi connectivity index (χ4v) is 2.41. The molecule has 1 nitrogen and oxygen atoms in total. The molecule has 1 fully saturated rings. The Kier molecular flexibility index (Phi) is 5.09. The van der Waals surface area contributed by atoms with Crippen LogP contribution in [-0.4, -0.2) is 30.4 Å². The Morgan fingerprint density at radius 1 is 1.29 bits per heavy atom. The van der Waals surface area contributed by atoms with Crippen molar-refractivity contribution in [3.63, 3.8) is 0 Å². The molecule has 0 aromatic heterocycles. The van der Waals surface area contributed by atoms with E-state index in [1.807, 2.05) is 0 Å². The molecule has 84 valence electrons. The van der Waals surface area contributed by atoms with Crippen LogP contribution < -0.4 is 0 Å². The molecule has 0 radical (unpaired) electrons. The molecule has 1 saturated heterocycles. The topological polar surface area (TPSA) is 9.23 Å². The highest BCUT2D eigenvalue weighted by Crippen LogP contribution is 2.23. The van der Waals surface area contributed by atoms with Crippen molar-refractivity contribution < 1.29 is 17.9 Å². The molecule has 0 bridgehead atoms. The molecule has 0 N–H and O–H groups in total. The summed E-state index contributed by atoms with van der Waals surface area (Å²) in [6.45, 7) is 0.768. The molecule has 1 unspecified atom stereocenters. The molecule has 1 rings (SSSR count). The third-order valence-corrected chi connectivity index (χ3v) is 3.21. The molecular formula is C9H15F3OS. The highest BCUT2D eigenvalue weighted by atomic mass is 32.2. The minimum Gasteiger partial charge on any atom is -0.377 e. The van der Waals surface area contributed by atoms with E-state index >= 15 is 0 Å². The largest absolute Gasteiger partial charge is 0.389 e. The first-order chi connectivity index (χ1) is 6.58. The zero-order valence-corrected chi connectivity index (χ0v) is 8.79. The standard InChI is InChI=1S/C9H15F3OS/c10-9(11,12)4-6-14-7-8-3-1-2-5-13-8/h8H,1-7H2. The molecule has 1 aliphatic heterocycles. The zero-order valence-electron chi connectivity index (χ0n) is 7.98. The van der Waals surface area contributed by atoms with E-state index in [9.17, 15) is 13.2 Å². The fraction of sp³-hybridized carbons (Fsp3) is 1.00. The van der Waals surface area contributed by atoms with E-state index in [0.29, 0.717) is 5.75 Å². The van der Waals surface area contributed by atoms with E-state index in [-0.39, 0.29) is 11.9 Å². The van der Waals surface area contributed by atoms with Gasteiger partial charge in [0.2, 0.25) is 0 Å². The monoisotopic (exact) mass is 228 g/mol. The van der Waals surface area contributed by atoms with Crippen molar-refractivity contribution in [3.05, 3.63) is 0 Å². The molecule has 0 amide bonds. The van der Waals surface area contributed by atoms with Crippen molar-refractivity contribution in [1.29, 1.82) is 0 Å². The Morgan fingerprint density at radius 3 is 2.64 bits per heavy atom. The molecule has 0 aromatic carbocycles. The molecular weight excluding hydrogens is 213 g/mol. The third kappa shape index (κ3) is 5.75. The molecule has 1 aliphatic rings. The van der Waals surface area contributed by atoms with Crippen LogP contribution in [0.15, 0.2) is 0 Å². The van der Waals surface area contributed by atoms with Crippen molar-refractivity contribution in [3.8, 4) is 0 Å². The van der Waals surface area contributed by atoms with Crippen LogP contribution in [0.5, 0.6) is 0 Å². The molecule has 0 aromatic rings. The number of ether oxygens (including phenoxy) is 1.